The predicted octanol–water partition coefficient (Wildman–Crippen LogP) is 3.80. The number of anilines is 2. The van der Waals surface area contributed by atoms with Crippen molar-refractivity contribution in [2.24, 2.45) is 0 Å². The van der Waals surface area contributed by atoms with Gasteiger partial charge in [-0.25, -0.2) is 4.68 Å². The second-order valence-corrected chi connectivity index (χ2v) is 7.48. The Hall–Kier alpha value is -3.86. The Morgan fingerprint density at radius 1 is 1.21 bits per heavy atom. The summed E-state index contributed by atoms with van der Waals surface area (Å²) in [6.45, 7) is 1.26. The van der Waals surface area contributed by atoms with E-state index < -0.39 is 28.8 Å². The van der Waals surface area contributed by atoms with Crippen LogP contribution in [0.4, 0.5) is 24.5 Å². The van der Waals surface area contributed by atoms with Crippen molar-refractivity contribution in [3.63, 3.8) is 0 Å². The zero-order valence-corrected chi connectivity index (χ0v) is 17.5. The van der Waals surface area contributed by atoms with Crippen molar-refractivity contribution in [2.75, 3.05) is 17.2 Å². The quantitative estimate of drug-likeness (QED) is 0.596. The van der Waals surface area contributed by atoms with E-state index in [-0.39, 0.29) is 40.4 Å². The van der Waals surface area contributed by atoms with E-state index >= 15 is 0 Å². The molecule has 33 heavy (non-hydrogen) atoms. The first-order valence-corrected chi connectivity index (χ1v) is 9.77. The van der Waals surface area contributed by atoms with Gasteiger partial charge in [0.15, 0.2) is 12.3 Å². The van der Waals surface area contributed by atoms with Crippen molar-refractivity contribution >= 4 is 34.8 Å². The number of hydrogen-bond acceptors (Lipinski definition) is 5. The second kappa shape index (κ2) is 8.24. The van der Waals surface area contributed by atoms with Crippen molar-refractivity contribution < 1.29 is 27.5 Å². The number of hydrogen-bond donors (Lipinski definition) is 2. The summed E-state index contributed by atoms with van der Waals surface area (Å²) in [4.78, 5) is 36.6. The molecule has 8 nitrogen and oxygen atoms in total. The van der Waals surface area contributed by atoms with Crippen molar-refractivity contribution in [3.05, 3.63) is 74.7 Å². The Balaban J connectivity index is 1.69. The third-order valence-corrected chi connectivity index (χ3v) is 5.00. The highest BCUT2D eigenvalue weighted by molar-refractivity contribution is 6.34. The van der Waals surface area contributed by atoms with Gasteiger partial charge in [0, 0.05) is 17.8 Å². The minimum absolute atomic E-state index is 0.0207. The Kier molecular flexibility index (Phi) is 5.58. The number of fused-ring (bicyclic) bond motifs is 1. The molecule has 0 fully saturated rings. The van der Waals surface area contributed by atoms with E-state index in [2.05, 4.69) is 15.7 Å². The van der Waals surface area contributed by atoms with Crippen LogP contribution in [0.15, 0.2) is 47.3 Å². The Bertz CT molecular complexity index is 1350. The van der Waals surface area contributed by atoms with Gasteiger partial charge in [0.2, 0.25) is 5.43 Å². The summed E-state index contributed by atoms with van der Waals surface area (Å²) in [5.74, 6) is -1.04. The van der Waals surface area contributed by atoms with Gasteiger partial charge in [0.25, 0.3) is 11.8 Å². The van der Waals surface area contributed by atoms with Crippen molar-refractivity contribution in [1.29, 1.82) is 0 Å². The molecule has 4 rings (SSSR count). The minimum Gasteiger partial charge on any atom is -0.482 e. The molecule has 2 heterocycles. The minimum atomic E-state index is -4.58. The molecule has 1 aliphatic heterocycles. The van der Waals surface area contributed by atoms with Crippen LogP contribution in [0, 0.1) is 6.92 Å². The summed E-state index contributed by atoms with van der Waals surface area (Å²) in [5.41, 5.74) is -1.54. The van der Waals surface area contributed by atoms with E-state index in [1.165, 1.54) is 31.2 Å². The molecule has 3 aromatic rings. The molecule has 0 spiro atoms. The van der Waals surface area contributed by atoms with Crippen LogP contribution >= 0.6 is 11.6 Å². The summed E-state index contributed by atoms with van der Waals surface area (Å²) in [7, 11) is 0. The highest BCUT2D eigenvalue weighted by Gasteiger charge is 2.30. The van der Waals surface area contributed by atoms with Crippen molar-refractivity contribution in [1.82, 2.24) is 9.78 Å². The number of aromatic nitrogens is 2. The molecule has 0 bridgehead atoms. The van der Waals surface area contributed by atoms with Gasteiger partial charge >= 0.3 is 6.18 Å². The van der Waals surface area contributed by atoms with Gasteiger partial charge in [-0.1, -0.05) is 17.7 Å². The van der Waals surface area contributed by atoms with Crippen LogP contribution in [-0.4, -0.2) is 28.2 Å². The summed E-state index contributed by atoms with van der Waals surface area (Å²) >= 11 is 6.16. The SMILES string of the molecule is Cc1cc(=O)c(C(=O)Nc2cc3c(cc2Cl)NC(=O)CO3)nn1-c1cccc(C(F)(F)F)c1. The lowest BCUT2D eigenvalue weighted by atomic mass is 10.2. The first-order chi connectivity index (χ1) is 15.5. The summed E-state index contributed by atoms with van der Waals surface area (Å²) in [5, 5.41) is 9.04. The molecule has 2 N–H and O–H groups in total. The third-order valence-electron chi connectivity index (χ3n) is 4.69. The Morgan fingerprint density at radius 3 is 2.70 bits per heavy atom. The largest absolute Gasteiger partial charge is 0.482 e. The number of ether oxygens (including phenoxy) is 1. The topological polar surface area (TPSA) is 102 Å². The molecular formula is C21H14ClF3N4O4. The number of carbonyl (C=O) groups is 2. The number of amides is 2. The highest BCUT2D eigenvalue weighted by Crippen LogP contribution is 2.36. The molecule has 1 aliphatic rings. The van der Waals surface area contributed by atoms with E-state index in [0.29, 0.717) is 5.69 Å². The molecule has 0 aliphatic carbocycles. The predicted molar refractivity (Wildman–Crippen MR) is 113 cm³/mol. The molecule has 12 heteroatoms. The number of nitrogens with zero attached hydrogens (tertiary/aromatic N) is 2. The van der Waals surface area contributed by atoms with Crippen LogP contribution in [0.3, 0.4) is 0 Å². The fourth-order valence-electron chi connectivity index (χ4n) is 3.16. The van der Waals surface area contributed by atoms with E-state index in [4.69, 9.17) is 16.3 Å². The van der Waals surface area contributed by atoms with Crippen molar-refractivity contribution in [2.45, 2.75) is 13.1 Å². The normalized spacial score (nSPS) is 13.1. The maximum absolute atomic E-state index is 13.1. The monoisotopic (exact) mass is 478 g/mol. The zero-order chi connectivity index (χ0) is 23.9. The molecule has 1 aromatic heterocycles. The summed E-state index contributed by atoms with van der Waals surface area (Å²) in [6, 6.07) is 8.16. The van der Waals surface area contributed by atoms with E-state index in [9.17, 15) is 27.6 Å². The van der Waals surface area contributed by atoms with E-state index in [0.717, 1.165) is 22.9 Å². The number of aryl methyl sites for hydroxylation is 1. The molecule has 2 aromatic carbocycles. The molecule has 0 saturated heterocycles. The highest BCUT2D eigenvalue weighted by atomic mass is 35.5. The van der Waals surface area contributed by atoms with Gasteiger partial charge in [-0.05, 0) is 31.2 Å². The number of halogens is 4. The van der Waals surface area contributed by atoms with Crippen LogP contribution in [0.1, 0.15) is 21.7 Å². The first-order valence-electron chi connectivity index (χ1n) is 9.39. The van der Waals surface area contributed by atoms with E-state index in [1.54, 1.807) is 0 Å². The fourth-order valence-corrected chi connectivity index (χ4v) is 3.37. The van der Waals surface area contributed by atoms with Gasteiger partial charge in [-0.15, -0.1) is 0 Å². The van der Waals surface area contributed by atoms with Gasteiger partial charge in [-0.3, -0.25) is 14.4 Å². The van der Waals surface area contributed by atoms with Crippen LogP contribution < -0.4 is 20.8 Å². The van der Waals surface area contributed by atoms with E-state index in [1.807, 2.05) is 0 Å². The number of benzene rings is 2. The number of alkyl halides is 3. The molecule has 0 atom stereocenters. The van der Waals surface area contributed by atoms with Crippen LogP contribution in [0.5, 0.6) is 5.75 Å². The van der Waals surface area contributed by atoms with Crippen LogP contribution in [0.2, 0.25) is 5.02 Å². The van der Waals surface area contributed by atoms with Crippen LogP contribution in [0.25, 0.3) is 5.69 Å². The molecule has 0 unspecified atom stereocenters. The van der Waals surface area contributed by atoms with Gasteiger partial charge < -0.3 is 15.4 Å². The Morgan fingerprint density at radius 2 is 1.97 bits per heavy atom. The Labute approximate surface area is 188 Å². The zero-order valence-electron chi connectivity index (χ0n) is 16.8. The number of rotatable bonds is 3. The maximum Gasteiger partial charge on any atom is 0.416 e. The standard InChI is InChI=1S/C21H14ClF3N4O4/c1-10-5-16(30)19(28-29(10)12-4-2-3-11(6-12)21(23,24)25)20(32)27-14-8-17-15(7-13(14)22)26-18(31)9-33-17/h2-8H,9H2,1H3,(H,26,31)(H,27,32). The maximum atomic E-state index is 13.1. The number of carbonyl (C=O) groups excluding carboxylic acids is 2. The molecular weight excluding hydrogens is 465 g/mol. The first kappa shape index (κ1) is 22.3. The number of nitrogens with one attached hydrogen (secondary N) is 2. The smallest absolute Gasteiger partial charge is 0.416 e. The summed E-state index contributed by atoms with van der Waals surface area (Å²) in [6.07, 6.45) is -4.58. The van der Waals surface area contributed by atoms with Gasteiger partial charge in [0.1, 0.15) is 5.75 Å². The van der Waals surface area contributed by atoms with Crippen molar-refractivity contribution in [3.8, 4) is 11.4 Å². The van der Waals surface area contributed by atoms with Gasteiger partial charge in [-0.2, -0.15) is 18.3 Å². The molecule has 170 valence electrons. The fraction of sp³-hybridized carbons (Fsp3) is 0.143. The molecule has 2 amide bonds. The lowest BCUT2D eigenvalue weighted by molar-refractivity contribution is -0.137. The average molecular weight is 479 g/mol. The average Bonchev–Trinajstić information content (AvgIpc) is 2.74. The lowest BCUT2D eigenvalue weighted by Gasteiger charge is -2.19. The van der Waals surface area contributed by atoms with Crippen LogP contribution in [-0.2, 0) is 11.0 Å². The second-order valence-electron chi connectivity index (χ2n) is 7.08. The lowest BCUT2D eigenvalue weighted by Crippen LogP contribution is -2.27. The molecule has 0 radical (unpaired) electrons. The summed E-state index contributed by atoms with van der Waals surface area (Å²) < 4.78 is 45.6. The third kappa shape index (κ3) is 4.53. The molecule has 0 saturated carbocycles. The van der Waals surface area contributed by atoms with Gasteiger partial charge in [0.05, 0.1) is 27.6 Å².